The molecule has 1 rings (SSSR count). The van der Waals surface area contributed by atoms with Gasteiger partial charge in [0.15, 0.2) is 0 Å². The van der Waals surface area contributed by atoms with E-state index in [-0.39, 0.29) is 5.92 Å². The topological polar surface area (TPSA) is 40.5 Å². The van der Waals surface area contributed by atoms with Crippen LogP contribution in [0.25, 0.3) is 0 Å². The summed E-state index contributed by atoms with van der Waals surface area (Å²) in [5.41, 5.74) is 0. The van der Waals surface area contributed by atoms with Gasteiger partial charge >= 0.3 is 12.3 Å². The van der Waals surface area contributed by atoms with Gasteiger partial charge in [-0.2, -0.15) is 24.9 Å². The first-order valence-corrected chi connectivity index (χ1v) is 6.16. The van der Waals surface area contributed by atoms with Crippen molar-refractivity contribution in [3.8, 4) is 0 Å². The summed E-state index contributed by atoms with van der Waals surface area (Å²) in [6.45, 7) is 0.874. The van der Waals surface area contributed by atoms with Crippen LogP contribution < -0.4 is 0 Å². The average molecular weight is 257 g/mol. The lowest BCUT2D eigenvalue weighted by molar-refractivity contribution is -0.105. The predicted molar refractivity (Wildman–Crippen MR) is 55.7 cm³/mol. The first kappa shape index (κ1) is 13.5. The average Bonchev–Trinajstić information content (AvgIpc) is 2.16. The van der Waals surface area contributed by atoms with Gasteiger partial charge in [0.25, 0.3) is 0 Å². The lowest BCUT2D eigenvalue weighted by Crippen LogP contribution is -2.38. The molecule has 1 fully saturated rings. The summed E-state index contributed by atoms with van der Waals surface area (Å²) >= 11 is 0.885. The summed E-state index contributed by atoms with van der Waals surface area (Å²) in [6, 6.07) is 0. The molecule has 0 aromatic heterocycles. The Kier molecular flexibility index (Phi) is 4.76. The zero-order chi connectivity index (χ0) is 12.2. The van der Waals surface area contributed by atoms with Crippen LogP contribution >= 0.6 is 11.8 Å². The number of hydrogen-bond acceptors (Lipinski definition) is 2. The van der Waals surface area contributed by atoms with Crippen molar-refractivity contribution in [1.82, 2.24) is 4.90 Å². The molecule has 94 valence electrons. The van der Waals surface area contributed by atoms with Gasteiger partial charge in [-0.25, -0.2) is 4.79 Å². The van der Waals surface area contributed by atoms with Crippen LogP contribution in [-0.2, 0) is 0 Å². The maximum Gasteiger partial charge on any atom is 0.407 e. The SMILES string of the molecule is O=C(O)N1CCC(CSCC(F)(F)F)CC1. The predicted octanol–water partition coefficient (Wildman–Crippen LogP) is 2.67. The van der Waals surface area contributed by atoms with E-state index in [2.05, 4.69) is 0 Å². The van der Waals surface area contributed by atoms with E-state index in [1.807, 2.05) is 0 Å². The fourth-order valence-electron chi connectivity index (χ4n) is 1.63. The van der Waals surface area contributed by atoms with E-state index in [9.17, 15) is 18.0 Å². The number of hydrogen-bond donors (Lipinski definition) is 1. The van der Waals surface area contributed by atoms with Crippen molar-refractivity contribution in [3.05, 3.63) is 0 Å². The molecule has 1 heterocycles. The van der Waals surface area contributed by atoms with Crippen LogP contribution in [0.15, 0.2) is 0 Å². The van der Waals surface area contributed by atoms with Crippen molar-refractivity contribution < 1.29 is 23.1 Å². The molecular weight excluding hydrogens is 243 g/mol. The van der Waals surface area contributed by atoms with E-state index in [1.54, 1.807) is 0 Å². The summed E-state index contributed by atoms with van der Waals surface area (Å²) < 4.78 is 35.6. The highest BCUT2D eigenvalue weighted by atomic mass is 32.2. The molecule has 0 aromatic rings. The van der Waals surface area contributed by atoms with Gasteiger partial charge in [-0.3, -0.25) is 0 Å². The molecule has 0 saturated carbocycles. The second-order valence-electron chi connectivity index (χ2n) is 3.84. The van der Waals surface area contributed by atoms with Crippen LogP contribution in [0, 0.1) is 5.92 Å². The van der Waals surface area contributed by atoms with Gasteiger partial charge in [0.05, 0.1) is 5.75 Å². The van der Waals surface area contributed by atoms with Crippen molar-refractivity contribution in [2.24, 2.45) is 5.92 Å². The fraction of sp³-hybridized carbons (Fsp3) is 0.889. The number of likely N-dealkylation sites (tertiary alicyclic amines) is 1. The highest BCUT2D eigenvalue weighted by molar-refractivity contribution is 7.99. The molecule has 7 heteroatoms. The number of amides is 1. The molecule has 1 N–H and O–H groups in total. The highest BCUT2D eigenvalue weighted by Crippen LogP contribution is 2.26. The van der Waals surface area contributed by atoms with Gasteiger partial charge in [-0.15, -0.1) is 0 Å². The van der Waals surface area contributed by atoms with Crippen LogP contribution in [0.2, 0.25) is 0 Å². The first-order valence-electron chi connectivity index (χ1n) is 5.01. The Balaban J connectivity index is 2.15. The molecule has 1 saturated heterocycles. The summed E-state index contributed by atoms with van der Waals surface area (Å²) in [5, 5.41) is 8.68. The van der Waals surface area contributed by atoms with E-state index in [0.717, 1.165) is 11.8 Å². The second-order valence-corrected chi connectivity index (χ2v) is 4.87. The van der Waals surface area contributed by atoms with E-state index in [0.29, 0.717) is 31.7 Å². The third-order valence-electron chi connectivity index (χ3n) is 2.50. The lowest BCUT2D eigenvalue weighted by atomic mass is 9.99. The normalized spacial score (nSPS) is 18.8. The zero-order valence-corrected chi connectivity index (χ0v) is 9.48. The number of halogens is 3. The number of piperidine rings is 1. The number of carbonyl (C=O) groups is 1. The Hall–Kier alpha value is -0.590. The smallest absolute Gasteiger partial charge is 0.407 e. The van der Waals surface area contributed by atoms with Crippen LogP contribution in [0.4, 0.5) is 18.0 Å². The lowest BCUT2D eigenvalue weighted by Gasteiger charge is -2.29. The minimum atomic E-state index is -4.10. The monoisotopic (exact) mass is 257 g/mol. The van der Waals surface area contributed by atoms with E-state index >= 15 is 0 Å². The molecule has 16 heavy (non-hydrogen) atoms. The van der Waals surface area contributed by atoms with Crippen molar-refractivity contribution in [3.63, 3.8) is 0 Å². The van der Waals surface area contributed by atoms with Gasteiger partial charge in [0.2, 0.25) is 0 Å². The number of nitrogens with zero attached hydrogens (tertiary/aromatic N) is 1. The molecule has 3 nitrogen and oxygen atoms in total. The summed E-state index contributed by atoms with van der Waals surface area (Å²) in [4.78, 5) is 11.9. The summed E-state index contributed by atoms with van der Waals surface area (Å²) in [5.74, 6) is -0.137. The van der Waals surface area contributed by atoms with Crippen molar-refractivity contribution >= 4 is 17.9 Å². The maximum absolute atomic E-state index is 11.9. The number of carboxylic acid groups (broad SMARTS) is 1. The Labute approximate surface area is 96.0 Å². The van der Waals surface area contributed by atoms with Crippen molar-refractivity contribution in [2.45, 2.75) is 19.0 Å². The minimum absolute atomic E-state index is 0.211. The van der Waals surface area contributed by atoms with Gasteiger partial charge in [0.1, 0.15) is 0 Å². The van der Waals surface area contributed by atoms with Gasteiger partial charge < -0.3 is 10.0 Å². The largest absolute Gasteiger partial charge is 0.465 e. The number of thioether (sulfide) groups is 1. The standard InChI is InChI=1S/C9H14F3NO2S/c10-9(11,12)6-16-5-7-1-3-13(4-2-7)8(14)15/h7H,1-6H2,(H,14,15). The third kappa shape index (κ3) is 4.96. The molecule has 1 amide bonds. The van der Waals surface area contributed by atoms with Crippen LogP contribution in [0.1, 0.15) is 12.8 Å². The van der Waals surface area contributed by atoms with Gasteiger partial charge in [-0.05, 0) is 24.5 Å². The Morgan fingerprint density at radius 1 is 1.38 bits per heavy atom. The second kappa shape index (κ2) is 5.65. The molecule has 1 aliphatic heterocycles. The van der Waals surface area contributed by atoms with Crippen molar-refractivity contribution in [1.29, 1.82) is 0 Å². The first-order chi connectivity index (χ1) is 7.38. The van der Waals surface area contributed by atoms with E-state index in [1.165, 1.54) is 4.90 Å². The molecule has 0 unspecified atom stereocenters. The van der Waals surface area contributed by atoms with E-state index in [4.69, 9.17) is 5.11 Å². The fourth-order valence-corrected chi connectivity index (χ4v) is 2.65. The van der Waals surface area contributed by atoms with Gasteiger partial charge in [-0.1, -0.05) is 0 Å². The van der Waals surface area contributed by atoms with Gasteiger partial charge in [0, 0.05) is 13.1 Å². The quantitative estimate of drug-likeness (QED) is 0.845. The molecule has 0 atom stereocenters. The summed E-state index contributed by atoms with van der Waals surface area (Å²) in [7, 11) is 0. The minimum Gasteiger partial charge on any atom is -0.465 e. The molecule has 0 bridgehead atoms. The number of alkyl halides is 3. The number of rotatable bonds is 3. The zero-order valence-electron chi connectivity index (χ0n) is 8.66. The maximum atomic E-state index is 11.9. The van der Waals surface area contributed by atoms with Crippen LogP contribution in [0.3, 0.4) is 0 Å². The highest BCUT2D eigenvalue weighted by Gasteiger charge is 2.28. The Bertz CT molecular complexity index is 239. The van der Waals surface area contributed by atoms with Crippen molar-refractivity contribution in [2.75, 3.05) is 24.6 Å². The molecule has 0 radical (unpaired) electrons. The van der Waals surface area contributed by atoms with E-state index < -0.39 is 18.0 Å². The molecule has 0 aromatic carbocycles. The Morgan fingerprint density at radius 2 is 1.94 bits per heavy atom. The molecular formula is C9H14F3NO2S. The van der Waals surface area contributed by atoms with Crippen LogP contribution in [0.5, 0.6) is 0 Å². The molecule has 0 aliphatic carbocycles. The molecule has 0 spiro atoms. The summed E-state index contributed by atoms with van der Waals surface area (Å²) in [6.07, 6.45) is -3.72. The molecule has 1 aliphatic rings. The third-order valence-corrected chi connectivity index (χ3v) is 3.74. The van der Waals surface area contributed by atoms with Crippen LogP contribution in [-0.4, -0.2) is 46.9 Å². The Morgan fingerprint density at radius 3 is 2.38 bits per heavy atom.